The third kappa shape index (κ3) is 3.50. The highest BCUT2D eigenvalue weighted by Crippen LogP contribution is 2.32. The molecule has 1 amide bonds. The number of imidazole rings is 1. The van der Waals surface area contributed by atoms with E-state index in [2.05, 4.69) is 10.3 Å². The van der Waals surface area contributed by atoms with Crippen molar-refractivity contribution in [3.05, 3.63) is 30.1 Å². The SMILES string of the molecule is O=C(Cn1c(C(F)(F)F)nc2ccccc21)NC1(C(=O)O)CCSCC1. The monoisotopic (exact) mass is 387 g/mol. The number of carbonyl (C=O) groups is 2. The Morgan fingerprint density at radius 3 is 2.54 bits per heavy atom. The summed E-state index contributed by atoms with van der Waals surface area (Å²) in [4.78, 5) is 27.6. The molecule has 0 spiro atoms. The van der Waals surface area contributed by atoms with Crippen LogP contribution in [-0.2, 0) is 22.3 Å². The van der Waals surface area contributed by atoms with Crippen molar-refractivity contribution in [1.29, 1.82) is 0 Å². The first kappa shape index (κ1) is 18.6. The maximum Gasteiger partial charge on any atom is 0.449 e. The smallest absolute Gasteiger partial charge is 0.449 e. The van der Waals surface area contributed by atoms with E-state index >= 15 is 0 Å². The van der Waals surface area contributed by atoms with Crippen LogP contribution in [0.5, 0.6) is 0 Å². The summed E-state index contributed by atoms with van der Waals surface area (Å²) in [6.07, 6.45) is -4.27. The fraction of sp³-hybridized carbons (Fsp3) is 0.438. The van der Waals surface area contributed by atoms with Crippen molar-refractivity contribution in [1.82, 2.24) is 14.9 Å². The predicted molar refractivity (Wildman–Crippen MR) is 89.8 cm³/mol. The lowest BCUT2D eigenvalue weighted by atomic mass is 9.92. The number of hydrogen-bond donors (Lipinski definition) is 2. The average molecular weight is 387 g/mol. The van der Waals surface area contributed by atoms with Gasteiger partial charge in [-0.05, 0) is 36.5 Å². The zero-order valence-electron chi connectivity index (χ0n) is 13.5. The molecule has 2 aromatic rings. The molecule has 0 bridgehead atoms. The zero-order chi connectivity index (χ0) is 18.9. The molecular formula is C16H16F3N3O3S. The van der Waals surface area contributed by atoms with E-state index in [9.17, 15) is 27.9 Å². The van der Waals surface area contributed by atoms with Crippen LogP contribution in [0.1, 0.15) is 18.7 Å². The second-order valence-corrected chi connectivity index (χ2v) is 7.28. The number of rotatable bonds is 4. The van der Waals surface area contributed by atoms with E-state index in [0.717, 1.165) is 4.57 Å². The summed E-state index contributed by atoms with van der Waals surface area (Å²) in [5, 5.41) is 11.9. The van der Waals surface area contributed by atoms with Crippen LogP contribution in [0.25, 0.3) is 11.0 Å². The molecule has 0 radical (unpaired) electrons. The molecule has 0 saturated carbocycles. The predicted octanol–water partition coefficient (Wildman–Crippen LogP) is 2.52. The van der Waals surface area contributed by atoms with Crippen LogP contribution in [-0.4, -0.2) is 43.6 Å². The van der Waals surface area contributed by atoms with Crippen LogP contribution in [0.15, 0.2) is 24.3 Å². The Morgan fingerprint density at radius 1 is 1.27 bits per heavy atom. The van der Waals surface area contributed by atoms with Gasteiger partial charge in [0.2, 0.25) is 11.7 Å². The first-order valence-corrected chi connectivity index (χ1v) is 9.03. The molecule has 10 heteroatoms. The minimum absolute atomic E-state index is 0.120. The van der Waals surface area contributed by atoms with Crippen molar-refractivity contribution >= 4 is 34.7 Å². The highest BCUT2D eigenvalue weighted by atomic mass is 32.2. The largest absolute Gasteiger partial charge is 0.480 e. The number of alkyl halides is 3. The topological polar surface area (TPSA) is 84.2 Å². The minimum Gasteiger partial charge on any atom is -0.480 e. The summed E-state index contributed by atoms with van der Waals surface area (Å²) in [5.74, 6) is -2.01. The Bertz CT molecular complexity index is 844. The lowest BCUT2D eigenvalue weighted by molar-refractivity contribution is -0.150. The molecule has 1 saturated heterocycles. The molecule has 0 unspecified atom stereocenters. The molecule has 26 heavy (non-hydrogen) atoms. The lowest BCUT2D eigenvalue weighted by Crippen LogP contribution is -2.57. The highest BCUT2D eigenvalue weighted by Gasteiger charge is 2.42. The van der Waals surface area contributed by atoms with E-state index in [0.29, 0.717) is 11.5 Å². The van der Waals surface area contributed by atoms with Crippen LogP contribution in [0.3, 0.4) is 0 Å². The van der Waals surface area contributed by atoms with Gasteiger partial charge in [0.05, 0.1) is 11.0 Å². The van der Waals surface area contributed by atoms with E-state index in [1.807, 2.05) is 0 Å². The maximum atomic E-state index is 13.3. The first-order valence-electron chi connectivity index (χ1n) is 7.87. The molecule has 1 aromatic carbocycles. The number of para-hydroxylation sites is 2. The number of hydrogen-bond acceptors (Lipinski definition) is 4. The third-order valence-corrected chi connectivity index (χ3v) is 5.33. The molecule has 1 aromatic heterocycles. The number of thioether (sulfide) groups is 1. The Balaban J connectivity index is 1.90. The fourth-order valence-corrected chi connectivity index (χ4v) is 4.20. The molecule has 1 fully saturated rings. The number of nitrogens with one attached hydrogen (secondary N) is 1. The van der Waals surface area contributed by atoms with Crippen molar-refractivity contribution in [2.24, 2.45) is 0 Å². The Labute approximate surface area is 150 Å². The number of carboxylic acids is 1. The van der Waals surface area contributed by atoms with Gasteiger partial charge in [0.25, 0.3) is 0 Å². The van der Waals surface area contributed by atoms with E-state index in [-0.39, 0.29) is 23.9 Å². The minimum atomic E-state index is -4.73. The summed E-state index contributed by atoms with van der Waals surface area (Å²) in [5.41, 5.74) is -1.15. The summed E-state index contributed by atoms with van der Waals surface area (Å²) in [6.45, 7) is -0.655. The maximum absolute atomic E-state index is 13.3. The van der Waals surface area contributed by atoms with Gasteiger partial charge in [-0.2, -0.15) is 24.9 Å². The van der Waals surface area contributed by atoms with E-state index < -0.39 is 36.0 Å². The number of amides is 1. The molecule has 2 N–H and O–H groups in total. The molecule has 0 atom stereocenters. The highest BCUT2D eigenvalue weighted by molar-refractivity contribution is 7.99. The van der Waals surface area contributed by atoms with E-state index in [1.54, 1.807) is 23.9 Å². The Hall–Kier alpha value is -2.23. The quantitative estimate of drug-likeness (QED) is 0.842. The first-order chi connectivity index (χ1) is 12.2. The summed E-state index contributed by atoms with van der Waals surface area (Å²) in [7, 11) is 0. The van der Waals surface area contributed by atoms with Gasteiger partial charge < -0.3 is 15.0 Å². The lowest BCUT2D eigenvalue weighted by Gasteiger charge is -2.33. The van der Waals surface area contributed by atoms with Crippen molar-refractivity contribution in [3.63, 3.8) is 0 Å². The second-order valence-electron chi connectivity index (χ2n) is 6.06. The summed E-state index contributed by atoms with van der Waals surface area (Å²) < 4.78 is 40.6. The molecule has 1 aliphatic rings. The van der Waals surface area contributed by atoms with Crippen molar-refractivity contribution in [2.45, 2.75) is 31.1 Å². The number of halogens is 3. The van der Waals surface area contributed by atoms with Crippen LogP contribution in [0.4, 0.5) is 13.2 Å². The molecular weight excluding hydrogens is 371 g/mol. The van der Waals surface area contributed by atoms with Gasteiger partial charge in [-0.3, -0.25) is 4.79 Å². The van der Waals surface area contributed by atoms with E-state index in [4.69, 9.17) is 0 Å². The molecule has 1 aliphatic heterocycles. The number of nitrogens with zero attached hydrogens (tertiary/aromatic N) is 2. The van der Waals surface area contributed by atoms with Gasteiger partial charge >= 0.3 is 12.1 Å². The average Bonchev–Trinajstić information content (AvgIpc) is 2.94. The number of carboxylic acid groups (broad SMARTS) is 1. The number of aromatic nitrogens is 2. The summed E-state index contributed by atoms with van der Waals surface area (Å²) >= 11 is 1.58. The van der Waals surface area contributed by atoms with Crippen LogP contribution >= 0.6 is 11.8 Å². The number of fused-ring (bicyclic) bond motifs is 1. The van der Waals surface area contributed by atoms with Crippen LogP contribution in [0.2, 0.25) is 0 Å². The number of benzene rings is 1. The normalized spacial score (nSPS) is 17.2. The molecule has 0 aliphatic carbocycles. The van der Waals surface area contributed by atoms with Crippen molar-refractivity contribution in [3.8, 4) is 0 Å². The molecule has 2 heterocycles. The van der Waals surface area contributed by atoms with E-state index in [1.165, 1.54) is 12.1 Å². The van der Waals surface area contributed by atoms with Gasteiger partial charge in [0.15, 0.2) is 0 Å². The van der Waals surface area contributed by atoms with Gasteiger partial charge in [-0.15, -0.1) is 0 Å². The number of aliphatic carboxylic acids is 1. The van der Waals surface area contributed by atoms with Crippen LogP contribution < -0.4 is 5.32 Å². The standard InChI is InChI=1S/C16H16F3N3O3S/c17-16(18,19)13-20-10-3-1-2-4-11(10)22(13)9-12(23)21-15(14(24)25)5-7-26-8-6-15/h1-4H,5-9H2,(H,21,23)(H,24,25). The second kappa shape index (κ2) is 6.82. The third-order valence-electron chi connectivity index (χ3n) is 4.34. The molecule has 3 rings (SSSR count). The fourth-order valence-electron chi connectivity index (χ4n) is 3.01. The Morgan fingerprint density at radius 2 is 1.92 bits per heavy atom. The van der Waals surface area contributed by atoms with Gasteiger partial charge in [0.1, 0.15) is 12.1 Å². The van der Waals surface area contributed by atoms with Gasteiger partial charge in [0, 0.05) is 0 Å². The van der Waals surface area contributed by atoms with Crippen LogP contribution in [0, 0.1) is 0 Å². The van der Waals surface area contributed by atoms with Crippen molar-refractivity contribution in [2.75, 3.05) is 11.5 Å². The number of carbonyl (C=O) groups excluding carboxylic acids is 1. The molecule has 6 nitrogen and oxygen atoms in total. The van der Waals surface area contributed by atoms with Gasteiger partial charge in [-0.1, -0.05) is 12.1 Å². The Kier molecular flexibility index (Phi) is 4.87. The van der Waals surface area contributed by atoms with Crippen molar-refractivity contribution < 1.29 is 27.9 Å². The van der Waals surface area contributed by atoms with Gasteiger partial charge in [-0.25, -0.2) is 9.78 Å². The summed E-state index contributed by atoms with van der Waals surface area (Å²) in [6, 6.07) is 5.97. The molecule has 140 valence electrons. The zero-order valence-corrected chi connectivity index (χ0v) is 14.4.